The molecule has 0 aliphatic rings. The third-order valence-electron chi connectivity index (χ3n) is 3.00. The second kappa shape index (κ2) is 4.72. The van der Waals surface area contributed by atoms with Gasteiger partial charge in [0.2, 0.25) is 0 Å². The van der Waals surface area contributed by atoms with Crippen molar-refractivity contribution >= 4 is 39.9 Å². The molecule has 0 amide bonds. The zero-order valence-electron chi connectivity index (χ0n) is 10.7. The van der Waals surface area contributed by atoms with Crippen LogP contribution in [0.4, 0.5) is 0 Å². The molecule has 102 valence electrons. The van der Waals surface area contributed by atoms with Gasteiger partial charge < -0.3 is 5.11 Å². The van der Waals surface area contributed by atoms with Crippen molar-refractivity contribution in [3.05, 3.63) is 29.0 Å². The Hall–Kier alpha value is -2.21. The van der Waals surface area contributed by atoms with Crippen LogP contribution in [0.25, 0.3) is 22.3 Å². The van der Waals surface area contributed by atoms with Gasteiger partial charge in [-0.2, -0.15) is 0 Å². The molecule has 0 saturated heterocycles. The summed E-state index contributed by atoms with van der Waals surface area (Å²) in [7, 11) is 0. The van der Waals surface area contributed by atoms with Gasteiger partial charge in [0.25, 0.3) is 0 Å². The summed E-state index contributed by atoms with van der Waals surface area (Å²) in [5.74, 6) is -0.277. The number of halogens is 1. The third kappa shape index (κ3) is 2.08. The van der Waals surface area contributed by atoms with E-state index >= 15 is 0 Å². The van der Waals surface area contributed by atoms with Gasteiger partial charge in [0.05, 0.1) is 11.0 Å². The Balaban J connectivity index is 2.31. The number of imidazole rings is 1. The lowest BCUT2D eigenvalue weighted by Crippen LogP contribution is -2.12. The molecule has 0 spiro atoms. The van der Waals surface area contributed by atoms with Crippen LogP contribution < -0.4 is 0 Å². The van der Waals surface area contributed by atoms with E-state index in [1.54, 1.807) is 22.8 Å². The molecule has 0 fully saturated rings. The normalized spacial score (nSPS) is 11.3. The first-order valence-corrected chi connectivity index (χ1v) is 6.50. The maximum atomic E-state index is 11.0. The van der Waals surface area contributed by atoms with Crippen molar-refractivity contribution in [1.82, 2.24) is 19.5 Å². The number of hydrogen-bond donors (Lipinski definition) is 1. The molecular weight excluding hydrogens is 280 g/mol. The van der Waals surface area contributed by atoms with Crippen molar-refractivity contribution in [3.8, 4) is 0 Å². The summed E-state index contributed by atoms with van der Waals surface area (Å²) in [6.07, 6.45) is 0.614. The number of aliphatic carboxylic acids is 1. The van der Waals surface area contributed by atoms with Crippen LogP contribution in [0.1, 0.15) is 12.7 Å². The number of benzene rings is 1. The minimum Gasteiger partial charge on any atom is -0.480 e. The summed E-state index contributed by atoms with van der Waals surface area (Å²) in [6.45, 7) is 1.74. The number of carbonyl (C=O) groups is 1. The fraction of sp³-hybridized carbons (Fsp3) is 0.231. The summed E-state index contributed by atoms with van der Waals surface area (Å²) in [4.78, 5) is 24.2. The van der Waals surface area contributed by atoms with E-state index in [0.717, 1.165) is 0 Å². The molecule has 2 aromatic heterocycles. The molecule has 0 saturated carbocycles. The van der Waals surface area contributed by atoms with Crippen molar-refractivity contribution in [2.75, 3.05) is 0 Å². The smallest absolute Gasteiger partial charge is 0.323 e. The van der Waals surface area contributed by atoms with Gasteiger partial charge in [-0.1, -0.05) is 18.5 Å². The van der Waals surface area contributed by atoms with E-state index in [1.165, 1.54) is 0 Å². The van der Waals surface area contributed by atoms with Gasteiger partial charge in [-0.25, -0.2) is 15.0 Å². The Labute approximate surface area is 119 Å². The molecule has 1 N–H and O–H groups in total. The summed E-state index contributed by atoms with van der Waals surface area (Å²) >= 11 is 5.93. The first-order valence-electron chi connectivity index (χ1n) is 6.12. The monoisotopic (exact) mass is 290 g/mol. The van der Waals surface area contributed by atoms with E-state index < -0.39 is 5.97 Å². The van der Waals surface area contributed by atoms with Crippen molar-refractivity contribution in [1.29, 1.82) is 0 Å². The second-order valence-electron chi connectivity index (χ2n) is 4.37. The van der Waals surface area contributed by atoms with E-state index in [-0.39, 0.29) is 6.54 Å². The quantitative estimate of drug-likeness (QED) is 0.800. The molecule has 0 radical (unpaired) electrons. The molecule has 0 bridgehead atoms. The fourth-order valence-electron chi connectivity index (χ4n) is 2.14. The van der Waals surface area contributed by atoms with Gasteiger partial charge in [0.15, 0.2) is 11.3 Å². The van der Waals surface area contributed by atoms with E-state index in [0.29, 0.717) is 39.6 Å². The lowest BCUT2D eigenvalue weighted by Gasteiger charge is -2.03. The first kappa shape index (κ1) is 12.8. The standard InChI is InChI=1S/C13H11ClN4O2/c1-2-10-17-12-13(18(10)6-11(19)20)16-8-4-3-7(14)5-9(8)15-12/h3-5H,2,6H2,1H3,(H,19,20). The average molecular weight is 291 g/mol. The number of nitrogens with zero attached hydrogens (tertiary/aromatic N) is 4. The Morgan fingerprint density at radius 3 is 2.80 bits per heavy atom. The van der Waals surface area contributed by atoms with Crippen LogP contribution in [-0.4, -0.2) is 30.6 Å². The van der Waals surface area contributed by atoms with Crippen LogP contribution in [0.3, 0.4) is 0 Å². The van der Waals surface area contributed by atoms with E-state index in [9.17, 15) is 4.79 Å². The number of carboxylic acids is 1. The number of fused-ring (bicyclic) bond motifs is 2. The second-order valence-corrected chi connectivity index (χ2v) is 4.80. The summed E-state index contributed by atoms with van der Waals surface area (Å²) in [5.41, 5.74) is 2.24. The summed E-state index contributed by atoms with van der Waals surface area (Å²) in [6, 6.07) is 5.20. The van der Waals surface area contributed by atoms with E-state index in [4.69, 9.17) is 16.7 Å². The third-order valence-corrected chi connectivity index (χ3v) is 3.24. The van der Waals surface area contributed by atoms with Gasteiger partial charge in [-0.15, -0.1) is 0 Å². The minimum atomic E-state index is -0.933. The predicted molar refractivity (Wildman–Crippen MR) is 74.9 cm³/mol. The molecule has 3 aromatic rings. The topological polar surface area (TPSA) is 80.9 Å². The number of rotatable bonds is 3. The van der Waals surface area contributed by atoms with Crippen LogP contribution in [0.2, 0.25) is 5.02 Å². The molecule has 0 aliphatic carbocycles. The number of aryl methyl sites for hydroxylation is 1. The van der Waals surface area contributed by atoms with E-state index in [2.05, 4.69) is 15.0 Å². The van der Waals surface area contributed by atoms with E-state index in [1.807, 2.05) is 6.92 Å². The number of hydrogen-bond acceptors (Lipinski definition) is 4. The molecule has 0 atom stereocenters. The zero-order valence-corrected chi connectivity index (χ0v) is 11.4. The minimum absolute atomic E-state index is 0.173. The van der Waals surface area contributed by atoms with Gasteiger partial charge in [-0.3, -0.25) is 9.36 Å². The number of aromatic nitrogens is 4. The van der Waals surface area contributed by atoms with Crippen molar-refractivity contribution in [2.45, 2.75) is 19.9 Å². The molecule has 20 heavy (non-hydrogen) atoms. The Kier molecular flexibility index (Phi) is 3.02. The first-order chi connectivity index (χ1) is 9.58. The van der Waals surface area contributed by atoms with Gasteiger partial charge in [-0.05, 0) is 18.2 Å². The van der Waals surface area contributed by atoms with Gasteiger partial charge in [0, 0.05) is 11.4 Å². The molecule has 3 rings (SSSR count). The molecule has 2 heterocycles. The SMILES string of the molecule is CCc1nc2nc3cc(Cl)ccc3nc2n1CC(=O)O. The molecule has 7 heteroatoms. The van der Waals surface area contributed by atoms with Crippen LogP contribution in [0, 0.1) is 0 Å². The lowest BCUT2D eigenvalue weighted by atomic mass is 10.3. The lowest BCUT2D eigenvalue weighted by molar-refractivity contribution is -0.137. The molecule has 0 unspecified atom stereocenters. The highest BCUT2D eigenvalue weighted by Crippen LogP contribution is 2.20. The summed E-state index contributed by atoms with van der Waals surface area (Å²) < 4.78 is 1.58. The van der Waals surface area contributed by atoms with Crippen molar-refractivity contribution in [2.24, 2.45) is 0 Å². The fourth-order valence-corrected chi connectivity index (χ4v) is 2.31. The highest BCUT2D eigenvalue weighted by molar-refractivity contribution is 6.31. The molecule has 6 nitrogen and oxygen atoms in total. The van der Waals surface area contributed by atoms with Crippen LogP contribution in [0.5, 0.6) is 0 Å². The van der Waals surface area contributed by atoms with Crippen LogP contribution >= 0.6 is 11.6 Å². The van der Waals surface area contributed by atoms with Crippen molar-refractivity contribution < 1.29 is 9.90 Å². The Morgan fingerprint density at radius 2 is 2.10 bits per heavy atom. The Bertz CT molecular complexity index is 828. The zero-order chi connectivity index (χ0) is 14.3. The maximum Gasteiger partial charge on any atom is 0.323 e. The van der Waals surface area contributed by atoms with Gasteiger partial charge >= 0.3 is 5.97 Å². The van der Waals surface area contributed by atoms with Gasteiger partial charge in [0.1, 0.15) is 12.4 Å². The molecule has 1 aromatic carbocycles. The number of carboxylic acid groups (broad SMARTS) is 1. The highest BCUT2D eigenvalue weighted by Gasteiger charge is 2.15. The predicted octanol–water partition coefficient (Wildman–Crippen LogP) is 2.28. The largest absolute Gasteiger partial charge is 0.480 e. The highest BCUT2D eigenvalue weighted by atomic mass is 35.5. The maximum absolute atomic E-state index is 11.0. The Morgan fingerprint density at radius 1 is 1.30 bits per heavy atom. The average Bonchev–Trinajstić information content (AvgIpc) is 2.73. The molecular formula is C13H11ClN4O2. The van der Waals surface area contributed by atoms with Crippen molar-refractivity contribution in [3.63, 3.8) is 0 Å². The molecule has 0 aliphatic heterocycles. The van der Waals surface area contributed by atoms with Crippen LogP contribution in [0.15, 0.2) is 18.2 Å². The summed E-state index contributed by atoms with van der Waals surface area (Å²) in [5, 5.41) is 9.58. The van der Waals surface area contributed by atoms with Crippen LogP contribution in [-0.2, 0) is 17.8 Å².